The van der Waals surface area contributed by atoms with Gasteiger partial charge in [0.1, 0.15) is 0 Å². The van der Waals surface area contributed by atoms with Gasteiger partial charge in [0.2, 0.25) is 11.9 Å². The fourth-order valence-corrected chi connectivity index (χ4v) is 2.80. The monoisotopic (exact) mass is 241 g/mol. The summed E-state index contributed by atoms with van der Waals surface area (Å²) in [6.45, 7) is 1.06. The third-order valence-corrected chi connectivity index (χ3v) is 3.47. The van der Waals surface area contributed by atoms with Gasteiger partial charge in [-0.25, -0.2) is 18.7 Å². The maximum Gasteiger partial charge on any atom is 0.249 e. The van der Waals surface area contributed by atoms with Crippen LogP contribution in [0, 0.1) is 5.41 Å². The smallest absolute Gasteiger partial charge is 0.249 e. The molecule has 1 aliphatic heterocycles. The van der Waals surface area contributed by atoms with Crippen molar-refractivity contribution in [1.82, 2.24) is 9.97 Å². The third-order valence-electron chi connectivity index (χ3n) is 3.47. The lowest BCUT2D eigenvalue weighted by Crippen LogP contribution is -2.66. The van der Waals surface area contributed by atoms with E-state index in [1.807, 2.05) is 4.90 Å². The predicted molar refractivity (Wildman–Crippen MR) is 56.8 cm³/mol. The highest BCUT2D eigenvalue weighted by Crippen LogP contribution is 2.56. The fraction of sp³-hybridized carbons (Fsp3) is 0.636. The summed E-state index contributed by atoms with van der Waals surface area (Å²) in [5.41, 5.74) is 0.331. The van der Waals surface area contributed by atoms with Crippen molar-refractivity contribution in [1.29, 1.82) is 0 Å². The third kappa shape index (κ3) is 1.76. The van der Waals surface area contributed by atoms with Crippen LogP contribution in [0.4, 0.5) is 14.7 Å². The van der Waals surface area contributed by atoms with Gasteiger partial charge in [-0.2, -0.15) is 0 Å². The molecule has 2 aliphatic rings. The Balaban J connectivity index is 1.65. The maximum atomic E-state index is 12.8. The van der Waals surface area contributed by atoms with Crippen LogP contribution < -0.4 is 4.90 Å². The van der Waals surface area contributed by atoms with E-state index in [-0.39, 0.29) is 24.9 Å². The molecule has 1 spiro atoms. The predicted octanol–water partition coefficient (Wildman–Crippen LogP) is 1.20. The number of aliphatic hydroxyl groups excluding tert-OH is 1. The molecule has 1 saturated heterocycles. The van der Waals surface area contributed by atoms with Gasteiger partial charge in [-0.05, 0) is 6.07 Å². The molecule has 2 fully saturated rings. The first kappa shape index (κ1) is 10.8. The van der Waals surface area contributed by atoms with Gasteiger partial charge in [0.05, 0.1) is 12.3 Å². The van der Waals surface area contributed by atoms with E-state index in [0.717, 1.165) is 0 Å². The first-order valence-corrected chi connectivity index (χ1v) is 5.58. The molecule has 0 bridgehead atoms. The first-order chi connectivity index (χ1) is 8.02. The molecular formula is C11H13F2N3O. The first-order valence-electron chi connectivity index (χ1n) is 5.58. The lowest BCUT2D eigenvalue weighted by atomic mass is 9.61. The summed E-state index contributed by atoms with van der Waals surface area (Å²) < 4.78 is 25.6. The Morgan fingerprint density at radius 1 is 1.35 bits per heavy atom. The Hall–Kier alpha value is -1.30. The van der Waals surface area contributed by atoms with E-state index in [4.69, 9.17) is 5.11 Å². The summed E-state index contributed by atoms with van der Waals surface area (Å²) in [5.74, 6) is -1.95. The number of rotatable bonds is 2. The number of halogens is 2. The molecule has 1 aliphatic carbocycles. The zero-order valence-corrected chi connectivity index (χ0v) is 9.24. The van der Waals surface area contributed by atoms with E-state index < -0.39 is 5.92 Å². The molecule has 17 heavy (non-hydrogen) atoms. The zero-order valence-electron chi connectivity index (χ0n) is 9.24. The van der Waals surface area contributed by atoms with Gasteiger partial charge in [-0.1, -0.05) is 0 Å². The van der Waals surface area contributed by atoms with Crippen LogP contribution in [-0.4, -0.2) is 34.1 Å². The van der Waals surface area contributed by atoms with Crippen molar-refractivity contribution >= 4 is 5.95 Å². The number of hydrogen-bond donors (Lipinski definition) is 1. The Bertz CT molecular complexity index is 436. The van der Waals surface area contributed by atoms with Crippen molar-refractivity contribution in [2.45, 2.75) is 25.4 Å². The SMILES string of the molecule is OCc1ccnc(N2CC3(C2)CC(F)(F)C3)n1. The number of anilines is 1. The highest BCUT2D eigenvalue weighted by atomic mass is 19.3. The average Bonchev–Trinajstić information content (AvgIpc) is 2.22. The van der Waals surface area contributed by atoms with E-state index in [2.05, 4.69) is 9.97 Å². The van der Waals surface area contributed by atoms with Gasteiger partial charge >= 0.3 is 0 Å². The largest absolute Gasteiger partial charge is 0.390 e. The molecule has 0 atom stereocenters. The van der Waals surface area contributed by atoms with Gasteiger partial charge in [-0.3, -0.25) is 0 Å². The lowest BCUT2D eigenvalue weighted by Gasteiger charge is -2.58. The molecule has 1 saturated carbocycles. The molecule has 4 nitrogen and oxygen atoms in total. The average molecular weight is 241 g/mol. The van der Waals surface area contributed by atoms with Gasteiger partial charge in [0, 0.05) is 37.5 Å². The molecule has 6 heteroatoms. The Morgan fingerprint density at radius 2 is 2.06 bits per heavy atom. The number of aromatic nitrogens is 2. The molecule has 0 amide bonds. The topological polar surface area (TPSA) is 49.3 Å². The minimum absolute atomic E-state index is 0.0177. The Morgan fingerprint density at radius 3 is 2.65 bits per heavy atom. The van der Waals surface area contributed by atoms with Crippen LogP contribution in [0.1, 0.15) is 18.5 Å². The second-order valence-electron chi connectivity index (χ2n) is 5.07. The lowest BCUT2D eigenvalue weighted by molar-refractivity contribution is -0.170. The van der Waals surface area contributed by atoms with Crippen LogP contribution in [-0.2, 0) is 6.61 Å². The number of hydrogen-bond acceptors (Lipinski definition) is 4. The summed E-state index contributed by atoms with van der Waals surface area (Å²) in [4.78, 5) is 10.1. The van der Waals surface area contributed by atoms with Crippen LogP contribution in [0.15, 0.2) is 12.3 Å². The molecule has 0 radical (unpaired) electrons. The molecule has 0 unspecified atom stereocenters. The molecule has 92 valence electrons. The molecule has 1 aromatic rings. The van der Waals surface area contributed by atoms with Crippen molar-refractivity contribution in [2.24, 2.45) is 5.41 Å². The van der Waals surface area contributed by atoms with E-state index in [1.165, 1.54) is 0 Å². The van der Waals surface area contributed by atoms with Gasteiger partial charge < -0.3 is 10.0 Å². The summed E-state index contributed by atoms with van der Waals surface area (Å²) in [6, 6.07) is 1.64. The Labute approximate surface area is 97.3 Å². The van der Waals surface area contributed by atoms with Crippen molar-refractivity contribution < 1.29 is 13.9 Å². The minimum atomic E-state index is -2.47. The molecule has 0 aromatic carbocycles. The van der Waals surface area contributed by atoms with Gasteiger partial charge in [0.25, 0.3) is 0 Å². The molecule has 2 heterocycles. The van der Waals surface area contributed by atoms with Gasteiger partial charge in [-0.15, -0.1) is 0 Å². The standard InChI is InChI=1S/C11H13F2N3O/c12-11(13)4-10(5-11)6-16(7-10)9-14-2-1-8(3-17)15-9/h1-2,17H,3-7H2. The van der Waals surface area contributed by atoms with Crippen LogP contribution in [0.25, 0.3) is 0 Å². The summed E-state index contributed by atoms with van der Waals surface area (Å²) in [5, 5.41) is 8.96. The number of alkyl halides is 2. The summed E-state index contributed by atoms with van der Waals surface area (Å²) in [6.07, 6.45) is 1.54. The fourth-order valence-electron chi connectivity index (χ4n) is 2.80. The van der Waals surface area contributed by atoms with Crippen LogP contribution >= 0.6 is 0 Å². The number of nitrogens with zero attached hydrogens (tertiary/aromatic N) is 3. The van der Waals surface area contributed by atoms with Crippen molar-refractivity contribution in [2.75, 3.05) is 18.0 Å². The second kappa shape index (κ2) is 3.35. The van der Waals surface area contributed by atoms with Crippen LogP contribution in [0.3, 0.4) is 0 Å². The Kier molecular flexibility index (Phi) is 2.13. The van der Waals surface area contributed by atoms with E-state index in [1.54, 1.807) is 12.3 Å². The maximum absolute atomic E-state index is 12.8. The summed E-state index contributed by atoms with van der Waals surface area (Å²) >= 11 is 0. The molecule has 1 N–H and O–H groups in total. The van der Waals surface area contributed by atoms with Crippen molar-refractivity contribution in [3.05, 3.63) is 18.0 Å². The minimum Gasteiger partial charge on any atom is -0.390 e. The quantitative estimate of drug-likeness (QED) is 0.845. The number of aliphatic hydroxyl groups is 1. The van der Waals surface area contributed by atoms with Gasteiger partial charge in [0.15, 0.2) is 0 Å². The van der Waals surface area contributed by atoms with E-state index >= 15 is 0 Å². The van der Waals surface area contributed by atoms with Crippen molar-refractivity contribution in [3.8, 4) is 0 Å². The van der Waals surface area contributed by atoms with E-state index in [9.17, 15) is 8.78 Å². The second-order valence-corrected chi connectivity index (χ2v) is 5.07. The van der Waals surface area contributed by atoms with Crippen LogP contribution in [0.5, 0.6) is 0 Å². The van der Waals surface area contributed by atoms with Crippen LogP contribution in [0.2, 0.25) is 0 Å². The van der Waals surface area contributed by atoms with E-state index in [0.29, 0.717) is 24.7 Å². The zero-order chi connectivity index (χ0) is 12.1. The van der Waals surface area contributed by atoms with Crippen molar-refractivity contribution in [3.63, 3.8) is 0 Å². The molecule has 1 aromatic heterocycles. The summed E-state index contributed by atoms with van der Waals surface area (Å²) in [7, 11) is 0. The normalized spacial score (nSPS) is 24.3. The molecular weight excluding hydrogens is 228 g/mol. The molecule has 3 rings (SSSR count). The highest BCUT2D eigenvalue weighted by molar-refractivity contribution is 5.38. The highest BCUT2D eigenvalue weighted by Gasteiger charge is 2.62.